The molecule has 0 radical (unpaired) electrons. The summed E-state index contributed by atoms with van der Waals surface area (Å²) in [5.41, 5.74) is 7.33. The van der Waals surface area contributed by atoms with Gasteiger partial charge < -0.3 is 25.1 Å². The Balaban J connectivity index is 1.37. The first kappa shape index (κ1) is 26.0. The van der Waals surface area contributed by atoms with Gasteiger partial charge in [0, 0.05) is 24.7 Å². The number of piperidine rings is 1. The van der Waals surface area contributed by atoms with Crippen LogP contribution in [-0.2, 0) is 11.2 Å². The fraction of sp³-hybridized carbons (Fsp3) is 0.320. The summed E-state index contributed by atoms with van der Waals surface area (Å²) in [6.07, 6.45) is -5.49. The van der Waals surface area contributed by atoms with E-state index in [1.165, 1.54) is 29.2 Å². The number of alkyl halides is 4. The number of nitrogens with two attached hydrogens (primary N) is 1. The third-order valence-electron chi connectivity index (χ3n) is 5.87. The number of H-pyrrole nitrogens is 1. The number of imidazole rings is 1. The molecule has 1 fully saturated rings. The van der Waals surface area contributed by atoms with Crippen molar-refractivity contribution in [3.8, 4) is 22.8 Å². The number of aromatic amines is 1. The number of amides is 2. The van der Waals surface area contributed by atoms with E-state index in [0.717, 1.165) is 12.1 Å². The van der Waals surface area contributed by atoms with Gasteiger partial charge in [0.2, 0.25) is 5.91 Å². The molecule has 3 N–H and O–H groups in total. The van der Waals surface area contributed by atoms with Crippen molar-refractivity contribution in [3.05, 3.63) is 65.6 Å². The highest BCUT2D eigenvalue weighted by Gasteiger charge is 2.34. The summed E-state index contributed by atoms with van der Waals surface area (Å²) in [7, 11) is 0. The number of benzene rings is 2. The molecule has 2 aromatic carbocycles. The van der Waals surface area contributed by atoms with E-state index in [1.54, 1.807) is 19.2 Å². The second-order valence-electron chi connectivity index (χ2n) is 8.62. The van der Waals surface area contributed by atoms with E-state index >= 15 is 4.39 Å². The standard InChI is InChI=1S/C25H24F4N4O4/c1-14-31-12-20(32-14)16-4-7-21(18(11-16)24(30)35)36-22-8-9-33(13-19(22)26)23(34)10-15-2-5-17(6-3-15)37-25(27,28)29/h2-7,11-12,19,22H,8-10,13H2,1H3,(H2,30,35)(H,31,32)/t19-,22+/m1/s1. The second kappa shape index (κ2) is 10.5. The number of hydrogen-bond donors (Lipinski definition) is 2. The molecule has 0 saturated carbocycles. The van der Waals surface area contributed by atoms with Crippen molar-refractivity contribution in [3.63, 3.8) is 0 Å². The molecule has 8 nitrogen and oxygen atoms in total. The average Bonchev–Trinajstić information content (AvgIpc) is 3.27. The maximum atomic E-state index is 15.0. The molecule has 0 unspecified atom stereocenters. The number of aryl methyl sites for hydroxylation is 1. The molecule has 37 heavy (non-hydrogen) atoms. The van der Waals surface area contributed by atoms with Crippen molar-refractivity contribution in [1.29, 1.82) is 0 Å². The highest BCUT2D eigenvalue weighted by molar-refractivity contribution is 5.97. The number of rotatable bonds is 7. The van der Waals surface area contributed by atoms with Gasteiger partial charge in [0.1, 0.15) is 23.4 Å². The fourth-order valence-electron chi connectivity index (χ4n) is 4.05. The summed E-state index contributed by atoms with van der Waals surface area (Å²) < 4.78 is 61.5. The van der Waals surface area contributed by atoms with E-state index in [0.29, 0.717) is 22.6 Å². The third kappa shape index (κ3) is 6.57. The number of ether oxygens (including phenoxy) is 2. The normalized spacial score (nSPS) is 17.9. The predicted octanol–water partition coefficient (Wildman–Crippen LogP) is 3.94. The minimum Gasteiger partial charge on any atom is -0.486 e. The SMILES string of the molecule is Cc1nc(-c2ccc(O[C@H]3CCN(C(=O)Cc4ccc(OC(F)(F)F)cc4)C[C@H]3F)c(C(N)=O)c2)c[nH]1. The summed E-state index contributed by atoms with van der Waals surface area (Å²) in [4.78, 5) is 33.3. The first-order chi connectivity index (χ1) is 17.5. The fourth-order valence-corrected chi connectivity index (χ4v) is 4.05. The summed E-state index contributed by atoms with van der Waals surface area (Å²) in [5.74, 6) is -0.670. The topological polar surface area (TPSA) is 111 Å². The lowest BCUT2D eigenvalue weighted by Gasteiger charge is -2.35. The highest BCUT2D eigenvalue weighted by atomic mass is 19.4. The Kier molecular flexibility index (Phi) is 7.37. The van der Waals surface area contributed by atoms with Crippen LogP contribution in [0.1, 0.15) is 28.2 Å². The molecule has 0 spiro atoms. The average molecular weight is 520 g/mol. The summed E-state index contributed by atoms with van der Waals surface area (Å²) in [6, 6.07) is 9.68. The lowest BCUT2D eigenvalue weighted by Crippen LogP contribution is -2.49. The molecule has 1 saturated heterocycles. The molecule has 1 aromatic heterocycles. The summed E-state index contributed by atoms with van der Waals surface area (Å²) in [6.45, 7) is 1.77. The number of carbonyl (C=O) groups is 2. The van der Waals surface area contributed by atoms with E-state index in [4.69, 9.17) is 10.5 Å². The van der Waals surface area contributed by atoms with Gasteiger partial charge in [-0.25, -0.2) is 9.37 Å². The van der Waals surface area contributed by atoms with Crippen molar-refractivity contribution in [1.82, 2.24) is 14.9 Å². The van der Waals surface area contributed by atoms with Gasteiger partial charge in [-0.05, 0) is 42.8 Å². The molecule has 1 aliphatic rings. The first-order valence-corrected chi connectivity index (χ1v) is 11.4. The summed E-state index contributed by atoms with van der Waals surface area (Å²) >= 11 is 0. The zero-order chi connectivity index (χ0) is 26.7. The molecule has 2 amide bonds. The smallest absolute Gasteiger partial charge is 0.486 e. The number of halogens is 4. The second-order valence-corrected chi connectivity index (χ2v) is 8.62. The quantitative estimate of drug-likeness (QED) is 0.459. The van der Waals surface area contributed by atoms with Crippen LogP contribution in [0.4, 0.5) is 17.6 Å². The van der Waals surface area contributed by atoms with Crippen LogP contribution in [0.3, 0.4) is 0 Å². The van der Waals surface area contributed by atoms with Crippen LogP contribution in [0.15, 0.2) is 48.7 Å². The van der Waals surface area contributed by atoms with Crippen molar-refractivity contribution in [2.45, 2.75) is 38.4 Å². The monoisotopic (exact) mass is 520 g/mol. The number of hydrogen-bond acceptors (Lipinski definition) is 5. The van der Waals surface area contributed by atoms with Gasteiger partial charge in [0.15, 0.2) is 6.17 Å². The number of carbonyl (C=O) groups excluding carboxylic acids is 2. The molecule has 4 rings (SSSR count). The Morgan fingerprint density at radius 3 is 2.51 bits per heavy atom. The Hall–Kier alpha value is -4.09. The van der Waals surface area contributed by atoms with Crippen molar-refractivity contribution in [2.24, 2.45) is 5.73 Å². The minimum atomic E-state index is -4.81. The van der Waals surface area contributed by atoms with Gasteiger partial charge >= 0.3 is 6.36 Å². The highest BCUT2D eigenvalue weighted by Crippen LogP contribution is 2.29. The number of nitrogens with one attached hydrogen (secondary N) is 1. The van der Waals surface area contributed by atoms with E-state index in [9.17, 15) is 22.8 Å². The molecule has 2 heterocycles. The third-order valence-corrected chi connectivity index (χ3v) is 5.87. The lowest BCUT2D eigenvalue weighted by atomic mass is 10.0. The Morgan fingerprint density at radius 2 is 1.92 bits per heavy atom. The van der Waals surface area contributed by atoms with Crippen LogP contribution in [0.5, 0.6) is 11.5 Å². The summed E-state index contributed by atoms with van der Waals surface area (Å²) in [5, 5.41) is 0. The maximum Gasteiger partial charge on any atom is 0.573 e. The molecule has 0 aliphatic carbocycles. The van der Waals surface area contributed by atoms with Gasteiger partial charge in [-0.1, -0.05) is 12.1 Å². The van der Waals surface area contributed by atoms with Gasteiger partial charge in [-0.3, -0.25) is 9.59 Å². The van der Waals surface area contributed by atoms with Gasteiger partial charge in [0.05, 0.1) is 24.2 Å². The molecule has 1 aliphatic heterocycles. The Morgan fingerprint density at radius 1 is 1.19 bits per heavy atom. The van der Waals surface area contributed by atoms with Crippen LogP contribution in [0.25, 0.3) is 11.3 Å². The first-order valence-electron chi connectivity index (χ1n) is 11.4. The van der Waals surface area contributed by atoms with Crippen molar-refractivity contribution < 1.29 is 36.6 Å². The number of nitrogens with zero attached hydrogens (tertiary/aromatic N) is 2. The van der Waals surface area contributed by atoms with Crippen LogP contribution < -0.4 is 15.2 Å². The van der Waals surface area contributed by atoms with Crippen molar-refractivity contribution >= 4 is 11.8 Å². The Labute approximate surface area is 209 Å². The van der Waals surface area contributed by atoms with E-state index < -0.39 is 30.3 Å². The van der Waals surface area contributed by atoms with E-state index in [-0.39, 0.29) is 43.2 Å². The molecule has 2 atom stereocenters. The van der Waals surface area contributed by atoms with Crippen LogP contribution in [0.2, 0.25) is 0 Å². The molecular formula is C25H24F4N4O4. The zero-order valence-corrected chi connectivity index (χ0v) is 19.7. The number of primary amides is 1. The molecule has 0 bridgehead atoms. The van der Waals surface area contributed by atoms with Crippen LogP contribution in [-0.4, -0.2) is 58.4 Å². The maximum absolute atomic E-state index is 15.0. The minimum absolute atomic E-state index is 0.0850. The molecular weight excluding hydrogens is 496 g/mol. The molecule has 3 aromatic rings. The molecule has 196 valence electrons. The van der Waals surface area contributed by atoms with E-state index in [1.807, 2.05) is 0 Å². The Bertz CT molecular complexity index is 1280. The van der Waals surface area contributed by atoms with Gasteiger partial charge in [0.25, 0.3) is 5.91 Å². The van der Waals surface area contributed by atoms with Crippen LogP contribution in [0, 0.1) is 6.92 Å². The predicted molar refractivity (Wildman–Crippen MR) is 125 cm³/mol. The number of aromatic nitrogens is 2. The lowest BCUT2D eigenvalue weighted by molar-refractivity contribution is -0.274. The van der Waals surface area contributed by atoms with Gasteiger partial charge in [-0.2, -0.15) is 0 Å². The van der Waals surface area contributed by atoms with Crippen molar-refractivity contribution in [2.75, 3.05) is 13.1 Å². The largest absolute Gasteiger partial charge is 0.573 e. The number of likely N-dealkylation sites (tertiary alicyclic amines) is 1. The van der Waals surface area contributed by atoms with Gasteiger partial charge in [-0.15, -0.1) is 13.2 Å². The van der Waals surface area contributed by atoms with E-state index in [2.05, 4.69) is 14.7 Å². The van der Waals surface area contributed by atoms with Crippen LogP contribution >= 0.6 is 0 Å². The zero-order valence-electron chi connectivity index (χ0n) is 19.7. The molecule has 12 heteroatoms.